The monoisotopic (exact) mass is 505 g/mol. The predicted octanol–water partition coefficient (Wildman–Crippen LogP) is 10.4. The van der Waals surface area contributed by atoms with E-state index in [4.69, 9.17) is 0 Å². The number of hydrogen-bond donors (Lipinski definition) is 0. The summed E-state index contributed by atoms with van der Waals surface area (Å²) in [6.45, 7) is 13.9. The van der Waals surface area contributed by atoms with Gasteiger partial charge in [0.05, 0.1) is 17.1 Å². The summed E-state index contributed by atoms with van der Waals surface area (Å²) >= 11 is 0. The molecule has 0 bridgehead atoms. The van der Waals surface area contributed by atoms with Crippen molar-refractivity contribution >= 4 is 17.1 Å². The summed E-state index contributed by atoms with van der Waals surface area (Å²) in [6.07, 6.45) is 0. The Labute approximate surface area is 232 Å². The van der Waals surface area contributed by atoms with Gasteiger partial charge in [0.1, 0.15) is 0 Å². The lowest BCUT2D eigenvalue weighted by molar-refractivity contribution is 0.598. The maximum absolute atomic E-state index is 2.55. The molecule has 0 fully saturated rings. The molecule has 2 aliphatic rings. The van der Waals surface area contributed by atoms with Crippen LogP contribution in [0.15, 0.2) is 103 Å². The van der Waals surface area contributed by atoms with E-state index in [-0.39, 0.29) is 10.8 Å². The van der Waals surface area contributed by atoms with Crippen molar-refractivity contribution in [3.05, 3.63) is 137 Å². The Morgan fingerprint density at radius 3 is 1.51 bits per heavy atom. The third kappa shape index (κ3) is 3.46. The normalized spacial score (nSPS) is 15.8. The van der Waals surface area contributed by atoms with Crippen LogP contribution < -0.4 is 4.90 Å². The largest absolute Gasteiger partial charge is 0.309 e. The van der Waals surface area contributed by atoms with Crippen LogP contribution in [0.1, 0.15) is 61.1 Å². The van der Waals surface area contributed by atoms with Crippen molar-refractivity contribution in [2.75, 3.05) is 4.90 Å². The molecular weight excluding hydrogens is 470 g/mol. The van der Waals surface area contributed by atoms with E-state index in [9.17, 15) is 0 Å². The minimum Gasteiger partial charge on any atom is -0.309 e. The van der Waals surface area contributed by atoms with Gasteiger partial charge in [0.25, 0.3) is 0 Å². The van der Waals surface area contributed by atoms with E-state index in [2.05, 4.69) is 150 Å². The van der Waals surface area contributed by atoms with E-state index < -0.39 is 0 Å². The summed E-state index contributed by atoms with van der Waals surface area (Å²) < 4.78 is 0. The van der Waals surface area contributed by atoms with Gasteiger partial charge < -0.3 is 4.90 Å². The molecule has 192 valence electrons. The number of hydrogen-bond acceptors (Lipinski definition) is 1. The number of fused-ring (bicyclic) bond motifs is 4. The van der Waals surface area contributed by atoms with Crippen LogP contribution >= 0.6 is 0 Å². The fraction of sp³-hybridized carbons (Fsp3) is 0.211. The fourth-order valence-corrected chi connectivity index (χ4v) is 6.76. The molecule has 0 atom stereocenters. The second-order valence-corrected chi connectivity index (χ2v) is 12.5. The molecule has 7 rings (SSSR count). The van der Waals surface area contributed by atoms with E-state index in [1.807, 2.05) is 0 Å². The van der Waals surface area contributed by atoms with Crippen LogP contribution in [0.5, 0.6) is 0 Å². The quantitative estimate of drug-likeness (QED) is 0.231. The molecule has 39 heavy (non-hydrogen) atoms. The first-order chi connectivity index (χ1) is 18.7. The Kier molecular flexibility index (Phi) is 5.04. The zero-order valence-corrected chi connectivity index (χ0v) is 23.8. The van der Waals surface area contributed by atoms with Gasteiger partial charge >= 0.3 is 0 Å². The average Bonchev–Trinajstić information content (AvgIpc) is 2.93. The van der Waals surface area contributed by atoms with Gasteiger partial charge in [-0.1, -0.05) is 112 Å². The van der Waals surface area contributed by atoms with E-state index >= 15 is 0 Å². The Bertz CT molecular complexity index is 1750. The molecule has 0 saturated heterocycles. The maximum Gasteiger partial charge on any atom is 0.0544 e. The highest BCUT2D eigenvalue weighted by atomic mass is 15.2. The minimum atomic E-state index is -0.167. The zero-order valence-electron chi connectivity index (χ0n) is 23.8. The summed E-state index contributed by atoms with van der Waals surface area (Å²) in [5.41, 5.74) is 16.9. The van der Waals surface area contributed by atoms with Crippen molar-refractivity contribution in [3.63, 3.8) is 0 Å². The fourth-order valence-electron chi connectivity index (χ4n) is 6.76. The molecule has 1 nitrogen and oxygen atoms in total. The molecule has 5 aromatic carbocycles. The van der Waals surface area contributed by atoms with Gasteiger partial charge in [-0.2, -0.15) is 0 Å². The summed E-state index contributed by atoms with van der Waals surface area (Å²) in [7, 11) is 0. The highest BCUT2D eigenvalue weighted by Gasteiger charge is 2.45. The second-order valence-electron chi connectivity index (χ2n) is 12.5. The molecule has 0 N–H and O–H groups in total. The Morgan fingerprint density at radius 2 is 0.897 bits per heavy atom. The van der Waals surface area contributed by atoms with Crippen LogP contribution in [0.2, 0.25) is 0 Å². The van der Waals surface area contributed by atoms with Crippen molar-refractivity contribution in [1.82, 2.24) is 0 Å². The van der Waals surface area contributed by atoms with Crippen LogP contribution in [0.3, 0.4) is 0 Å². The number of para-hydroxylation sites is 1. The molecule has 1 heteroatoms. The third-order valence-corrected chi connectivity index (χ3v) is 9.18. The van der Waals surface area contributed by atoms with Gasteiger partial charge in [0.15, 0.2) is 0 Å². The molecule has 5 aromatic rings. The molecule has 0 saturated carbocycles. The molecule has 2 aliphatic heterocycles. The molecule has 0 aliphatic carbocycles. The lowest BCUT2D eigenvalue weighted by Gasteiger charge is -2.49. The van der Waals surface area contributed by atoms with E-state index in [0.717, 1.165) is 0 Å². The van der Waals surface area contributed by atoms with Crippen LogP contribution in [-0.4, -0.2) is 0 Å². The van der Waals surface area contributed by atoms with E-state index in [1.54, 1.807) is 0 Å². The van der Waals surface area contributed by atoms with Gasteiger partial charge in [-0.25, -0.2) is 0 Å². The molecule has 0 spiro atoms. The van der Waals surface area contributed by atoms with E-state index in [0.29, 0.717) is 0 Å². The molecule has 0 radical (unpaired) electrons. The molecule has 0 amide bonds. The number of rotatable bonds is 2. The first-order valence-electron chi connectivity index (χ1n) is 14.0. The maximum atomic E-state index is 2.55. The first kappa shape index (κ1) is 24.0. The van der Waals surface area contributed by atoms with Gasteiger partial charge in [0, 0.05) is 10.8 Å². The minimum absolute atomic E-state index is 0.118. The lowest BCUT2D eigenvalue weighted by Crippen LogP contribution is -2.38. The van der Waals surface area contributed by atoms with Crippen LogP contribution in [0.25, 0.3) is 22.3 Å². The summed E-state index contributed by atoms with van der Waals surface area (Å²) in [4.78, 5) is 2.55. The second kappa shape index (κ2) is 8.20. The van der Waals surface area contributed by atoms with Crippen molar-refractivity contribution in [2.45, 2.75) is 52.4 Å². The van der Waals surface area contributed by atoms with Crippen LogP contribution in [0, 0.1) is 13.8 Å². The van der Waals surface area contributed by atoms with Crippen molar-refractivity contribution in [3.8, 4) is 22.3 Å². The Hall–Kier alpha value is -4.10. The summed E-state index contributed by atoms with van der Waals surface area (Å²) in [5.74, 6) is 0. The third-order valence-electron chi connectivity index (χ3n) is 9.18. The molecule has 0 unspecified atom stereocenters. The van der Waals surface area contributed by atoms with Crippen molar-refractivity contribution < 1.29 is 0 Å². The highest BCUT2D eigenvalue weighted by molar-refractivity contribution is 5.95. The average molecular weight is 506 g/mol. The predicted molar refractivity (Wildman–Crippen MR) is 166 cm³/mol. The van der Waals surface area contributed by atoms with Gasteiger partial charge in [-0.3, -0.25) is 0 Å². The van der Waals surface area contributed by atoms with Crippen LogP contribution in [-0.2, 0) is 10.8 Å². The van der Waals surface area contributed by atoms with Gasteiger partial charge in [-0.05, 0) is 88.7 Å². The smallest absolute Gasteiger partial charge is 0.0544 e. The number of aryl methyl sites for hydroxylation is 2. The highest BCUT2D eigenvalue weighted by Crippen LogP contribution is 2.60. The Balaban J connectivity index is 1.54. The Morgan fingerprint density at radius 1 is 0.436 bits per heavy atom. The first-order valence-corrected chi connectivity index (χ1v) is 14.0. The summed E-state index contributed by atoms with van der Waals surface area (Å²) in [6, 6.07) is 38.9. The van der Waals surface area contributed by atoms with Gasteiger partial charge in [0.2, 0.25) is 0 Å². The topological polar surface area (TPSA) is 3.24 Å². The standard InChI is InChI=1S/C38H35N/c1-24-11-15-26(16-12-24)28-19-20-35-31(21-28)38(5,6)33-23-29(27-17-13-25(2)14-18-27)22-32-36(33)39(35)34-10-8-7-9-30(34)37(32,3)4/h7-23H,1-6H3. The van der Waals surface area contributed by atoms with Crippen molar-refractivity contribution in [1.29, 1.82) is 0 Å². The number of benzene rings is 5. The molecular formula is C38H35N. The number of anilines is 3. The van der Waals surface area contributed by atoms with Crippen molar-refractivity contribution in [2.24, 2.45) is 0 Å². The number of nitrogens with zero attached hydrogens (tertiary/aromatic N) is 1. The lowest BCUT2D eigenvalue weighted by atomic mass is 9.65. The molecule has 0 aromatic heterocycles. The zero-order chi connectivity index (χ0) is 27.1. The summed E-state index contributed by atoms with van der Waals surface area (Å²) in [5, 5.41) is 0. The van der Waals surface area contributed by atoms with E-state index in [1.165, 1.54) is 72.7 Å². The van der Waals surface area contributed by atoms with Gasteiger partial charge in [-0.15, -0.1) is 0 Å². The van der Waals surface area contributed by atoms with Crippen LogP contribution in [0.4, 0.5) is 17.1 Å². The SMILES string of the molecule is Cc1ccc(-c2ccc3c(c2)C(C)(C)c2cc(-c4ccc(C)cc4)cc4c2N3c2ccccc2C4(C)C)cc1. The molecule has 2 heterocycles.